The predicted octanol–water partition coefficient (Wildman–Crippen LogP) is 4.45. The molecule has 2 aromatic carbocycles. The molecule has 10 heteroatoms. The Morgan fingerprint density at radius 1 is 0.882 bits per heavy atom. The van der Waals surface area contributed by atoms with Crippen LogP contribution in [0.3, 0.4) is 0 Å². The first-order valence-electron chi connectivity index (χ1n) is 9.80. The number of esters is 2. The molecule has 0 aliphatic carbocycles. The molecule has 0 saturated heterocycles. The van der Waals surface area contributed by atoms with Crippen LogP contribution >= 0.6 is 0 Å². The van der Waals surface area contributed by atoms with Crippen molar-refractivity contribution in [3.63, 3.8) is 0 Å². The van der Waals surface area contributed by atoms with Crippen molar-refractivity contribution in [2.75, 3.05) is 24.4 Å². The highest BCUT2D eigenvalue weighted by atomic mass is 19.4. The van der Waals surface area contributed by atoms with Crippen LogP contribution < -0.4 is 10.2 Å². The molecule has 1 aliphatic heterocycles. The van der Waals surface area contributed by atoms with Crippen LogP contribution in [0.4, 0.5) is 24.5 Å². The molecular formula is C24H19F3N2O5. The lowest BCUT2D eigenvalue weighted by atomic mass is 10.1. The van der Waals surface area contributed by atoms with Crippen molar-refractivity contribution in [2.24, 2.45) is 0 Å². The summed E-state index contributed by atoms with van der Waals surface area (Å²) >= 11 is 0. The van der Waals surface area contributed by atoms with Gasteiger partial charge in [0, 0.05) is 11.8 Å². The molecule has 3 rings (SSSR count). The minimum absolute atomic E-state index is 0.00476. The summed E-state index contributed by atoms with van der Waals surface area (Å²) in [6.07, 6.45) is 1.44. The van der Waals surface area contributed by atoms with Crippen molar-refractivity contribution in [1.29, 1.82) is 0 Å². The number of allylic oxidation sites excluding steroid dienone is 2. The average molecular weight is 472 g/mol. The van der Waals surface area contributed by atoms with Crippen LogP contribution in [-0.4, -0.2) is 32.1 Å². The zero-order valence-electron chi connectivity index (χ0n) is 18.1. The molecule has 7 nitrogen and oxygen atoms in total. The van der Waals surface area contributed by atoms with Gasteiger partial charge in [-0.05, 0) is 48.6 Å². The Morgan fingerprint density at radius 2 is 1.53 bits per heavy atom. The number of benzene rings is 2. The molecule has 2 aromatic rings. The molecule has 0 saturated carbocycles. The van der Waals surface area contributed by atoms with E-state index < -0.39 is 29.6 Å². The molecule has 0 unspecified atom stereocenters. The standard InChI is InChI=1S/C24H19F3N2O5/c1-33-22(31)17-7-5-6-14-29(20(17)23(32)34-2)19-9-4-3-8-18(19)28-21(30)15-10-12-16(13-11-15)24(25,26)27/h3-14H,1-2H3,(H,28,30). The Hall–Kier alpha value is -4.34. The molecule has 0 aromatic heterocycles. The van der Waals surface area contributed by atoms with Gasteiger partial charge in [-0.15, -0.1) is 0 Å². The number of carbonyl (C=O) groups excluding carboxylic acids is 3. The van der Waals surface area contributed by atoms with Crippen molar-refractivity contribution in [3.8, 4) is 0 Å². The Labute approximate surface area is 192 Å². The first kappa shape index (κ1) is 24.3. The number of nitrogens with zero attached hydrogens (tertiary/aromatic N) is 1. The predicted molar refractivity (Wildman–Crippen MR) is 118 cm³/mol. The van der Waals surface area contributed by atoms with Gasteiger partial charge in [-0.2, -0.15) is 13.2 Å². The summed E-state index contributed by atoms with van der Waals surface area (Å²) in [5.41, 5.74) is -0.599. The van der Waals surface area contributed by atoms with Crippen molar-refractivity contribution in [1.82, 2.24) is 0 Å². The molecule has 0 radical (unpaired) electrons. The summed E-state index contributed by atoms with van der Waals surface area (Å²) in [5.74, 6) is -2.29. The fraction of sp³-hybridized carbons (Fsp3) is 0.125. The second-order valence-corrected chi connectivity index (χ2v) is 6.86. The summed E-state index contributed by atoms with van der Waals surface area (Å²) in [7, 11) is 2.32. The summed E-state index contributed by atoms with van der Waals surface area (Å²) in [6.45, 7) is 0. The summed E-state index contributed by atoms with van der Waals surface area (Å²) < 4.78 is 48.1. The monoisotopic (exact) mass is 472 g/mol. The quantitative estimate of drug-likeness (QED) is 0.648. The highest BCUT2D eigenvalue weighted by Gasteiger charge is 2.31. The number of hydrogen-bond donors (Lipinski definition) is 1. The number of alkyl halides is 3. The molecular weight excluding hydrogens is 453 g/mol. The number of para-hydroxylation sites is 2. The second-order valence-electron chi connectivity index (χ2n) is 6.86. The van der Waals surface area contributed by atoms with Gasteiger partial charge < -0.3 is 19.7 Å². The Bertz CT molecular complexity index is 1200. The third-order valence-electron chi connectivity index (χ3n) is 4.78. The van der Waals surface area contributed by atoms with Crippen LogP contribution in [0.25, 0.3) is 0 Å². The first-order chi connectivity index (χ1) is 16.2. The van der Waals surface area contributed by atoms with E-state index in [9.17, 15) is 27.6 Å². The highest BCUT2D eigenvalue weighted by molar-refractivity contribution is 6.09. The third-order valence-corrected chi connectivity index (χ3v) is 4.78. The molecule has 34 heavy (non-hydrogen) atoms. The summed E-state index contributed by atoms with van der Waals surface area (Å²) in [6, 6.07) is 10.1. The summed E-state index contributed by atoms with van der Waals surface area (Å²) in [4.78, 5) is 39.1. The van der Waals surface area contributed by atoms with Gasteiger partial charge in [0.1, 0.15) is 5.70 Å². The maximum atomic E-state index is 12.8. The lowest BCUT2D eigenvalue weighted by Crippen LogP contribution is -2.28. The number of nitrogens with one attached hydrogen (secondary N) is 1. The van der Waals surface area contributed by atoms with Crippen LogP contribution in [0.2, 0.25) is 0 Å². The highest BCUT2D eigenvalue weighted by Crippen LogP contribution is 2.33. The second kappa shape index (κ2) is 10.1. The van der Waals surface area contributed by atoms with Crippen LogP contribution in [0.1, 0.15) is 15.9 Å². The van der Waals surface area contributed by atoms with Crippen molar-refractivity contribution < 1.29 is 37.0 Å². The van der Waals surface area contributed by atoms with Gasteiger partial charge in [-0.25, -0.2) is 9.59 Å². The lowest BCUT2D eigenvalue weighted by molar-refractivity contribution is -0.139. The number of hydrogen-bond acceptors (Lipinski definition) is 6. The van der Waals surface area contributed by atoms with Crippen molar-refractivity contribution >= 4 is 29.2 Å². The van der Waals surface area contributed by atoms with E-state index in [0.717, 1.165) is 31.4 Å². The van der Waals surface area contributed by atoms with E-state index in [1.165, 1.54) is 36.4 Å². The smallest absolute Gasteiger partial charge is 0.416 e. The average Bonchev–Trinajstić information content (AvgIpc) is 3.06. The Kier molecular flexibility index (Phi) is 7.20. The van der Waals surface area contributed by atoms with Gasteiger partial charge in [0.15, 0.2) is 0 Å². The normalized spacial score (nSPS) is 13.4. The zero-order valence-corrected chi connectivity index (χ0v) is 18.1. The molecule has 0 fully saturated rings. The van der Waals surface area contributed by atoms with E-state index in [2.05, 4.69) is 5.32 Å². The van der Waals surface area contributed by atoms with E-state index >= 15 is 0 Å². The fourth-order valence-corrected chi connectivity index (χ4v) is 3.15. The number of ether oxygens (including phenoxy) is 2. The van der Waals surface area contributed by atoms with E-state index in [1.54, 1.807) is 24.3 Å². The molecule has 176 valence electrons. The molecule has 1 aliphatic rings. The SMILES string of the molecule is COC(=O)C1=C(C(=O)OC)N(c2ccccc2NC(=O)c2ccc(C(F)(F)F)cc2)C=CC=C1. The maximum absolute atomic E-state index is 12.8. The molecule has 1 heterocycles. The topological polar surface area (TPSA) is 84.9 Å². The number of halogens is 3. The van der Waals surface area contributed by atoms with E-state index in [-0.39, 0.29) is 22.5 Å². The fourth-order valence-electron chi connectivity index (χ4n) is 3.15. The van der Waals surface area contributed by atoms with Gasteiger partial charge in [0.2, 0.25) is 0 Å². The Morgan fingerprint density at radius 3 is 2.15 bits per heavy atom. The van der Waals surface area contributed by atoms with Crippen molar-refractivity contribution in [2.45, 2.75) is 6.18 Å². The summed E-state index contributed by atoms with van der Waals surface area (Å²) in [5, 5.41) is 2.63. The number of rotatable bonds is 5. The zero-order chi connectivity index (χ0) is 24.9. The molecule has 1 N–H and O–H groups in total. The van der Waals surface area contributed by atoms with Crippen LogP contribution in [-0.2, 0) is 25.2 Å². The number of carbonyl (C=O) groups is 3. The number of methoxy groups -OCH3 is 2. The van der Waals surface area contributed by atoms with Crippen LogP contribution in [0, 0.1) is 0 Å². The molecule has 0 bridgehead atoms. The van der Waals surface area contributed by atoms with Crippen LogP contribution in [0.15, 0.2) is 84.2 Å². The van der Waals surface area contributed by atoms with Gasteiger partial charge in [-0.3, -0.25) is 4.79 Å². The first-order valence-corrected chi connectivity index (χ1v) is 9.80. The molecule has 0 spiro atoms. The van der Waals surface area contributed by atoms with Crippen LogP contribution in [0.5, 0.6) is 0 Å². The Balaban J connectivity index is 2.01. The van der Waals surface area contributed by atoms with E-state index in [1.807, 2.05) is 0 Å². The van der Waals surface area contributed by atoms with E-state index in [0.29, 0.717) is 5.69 Å². The van der Waals surface area contributed by atoms with Gasteiger partial charge in [0.25, 0.3) is 5.91 Å². The minimum Gasteiger partial charge on any atom is -0.465 e. The molecule has 0 atom stereocenters. The van der Waals surface area contributed by atoms with Crippen molar-refractivity contribution in [3.05, 3.63) is 95.4 Å². The maximum Gasteiger partial charge on any atom is 0.416 e. The number of anilines is 2. The van der Waals surface area contributed by atoms with Gasteiger partial charge in [-0.1, -0.05) is 18.2 Å². The minimum atomic E-state index is -4.53. The van der Waals surface area contributed by atoms with Gasteiger partial charge >= 0.3 is 18.1 Å². The van der Waals surface area contributed by atoms with E-state index in [4.69, 9.17) is 9.47 Å². The largest absolute Gasteiger partial charge is 0.465 e. The third kappa shape index (κ3) is 5.17. The molecule has 1 amide bonds. The lowest BCUT2D eigenvalue weighted by Gasteiger charge is -2.25. The number of amides is 1. The van der Waals surface area contributed by atoms with Gasteiger partial charge in [0.05, 0.1) is 36.7 Å².